The number of benzene rings is 3. The van der Waals surface area contributed by atoms with Gasteiger partial charge < -0.3 is 0 Å². The van der Waals surface area contributed by atoms with E-state index in [2.05, 4.69) is 77.4 Å². The Morgan fingerprint density at radius 3 is 2.62 bits per heavy atom. The third-order valence-corrected chi connectivity index (χ3v) is 6.28. The van der Waals surface area contributed by atoms with Crippen molar-refractivity contribution in [1.29, 1.82) is 0 Å². The van der Waals surface area contributed by atoms with Crippen LogP contribution in [0.15, 0.2) is 72.8 Å². The standard InChI is InChI=1S/C22H14NS/c1-3-7-19-14(5-1)9-10-20-17-12-22-18(11-15(17)13-23(19)20)16-6-2-4-8-21(16)24-22/h1-12H,13H2/q+1. The first-order valence-electron chi connectivity index (χ1n) is 8.25. The molecule has 0 radical (unpaired) electrons. The SMILES string of the molecule is c1ccc2c(c1)ccc1[n+]2Cc2cc3c(cc2-1)sc1ccccc13. The van der Waals surface area contributed by atoms with E-state index in [4.69, 9.17) is 0 Å². The Morgan fingerprint density at radius 1 is 0.750 bits per heavy atom. The topological polar surface area (TPSA) is 3.88 Å². The summed E-state index contributed by atoms with van der Waals surface area (Å²) in [6, 6.07) is 26.7. The zero-order valence-electron chi connectivity index (χ0n) is 13.0. The highest BCUT2D eigenvalue weighted by molar-refractivity contribution is 7.25. The first-order valence-corrected chi connectivity index (χ1v) is 9.06. The van der Waals surface area contributed by atoms with Crippen molar-refractivity contribution >= 4 is 42.4 Å². The van der Waals surface area contributed by atoms with Gasteiger partial charge in [0.1, 0.15) is 0 Å². The highest BCUT2D eigenvalue weighted by Gasteiger charge is 2.28. The fourth-order valence-corrected chi connectivity index (χ4v) is 5.15. The molecule has 6 rings (SSSR count). The third kappa shape index (κ3) is 1.56. The van der Waals surface area contributed by atoms with Crippen LogP contribution in [0.25, 0.3) is 42.3 Å². The van der Waals surface area contributed by atoms with Gasteiger partial charge in [0.05, 0.1) is 5.56 Å². The minimum absolute atomic E-state index is 0.964. The van der Waals surface area contributed by atoms with Crippen molar-refractivity contribution in [3.63, 3.8) is 0 Å². The summed E-state index contributed by atoms with van der Waals surface area (Å²) in [5, 5.41) is 4.08. The van der Waals surface area contributed by atoms with Gasteiger partial charge in [0.25, 0.3) is 0 Å². The predicted molar refractivity (Wildman–Crippen MR) is 102 cm³/mol. The van der Waals surface area contributed by atoms with Crippen LogP contribution in [-0.4, -0.2) is 0 Å². The van der Waals surface area contributed by atoms with E-state index >= 15 is 0 Å². The van der Waals surface area contributed by atoms with Crippen molar-refractivity contribution in [3.05, 3.63) is 78.4 Å². The lowest BCUT2D eigenvalue weighted by molar-refractivity contribution is -0.645. The van der Waals surface area contributed by atoms with Gasteiger partial charge in [-0.2, -0.15) is 4.57 Å². The fourth-order valence-electron chi connectivity index (χ4n) is 4.02. The lowest BCUT2D eigenvalue weighted by Gasteiger charge is -1.98. The van der Waals surface area contributed by atoms with E-state index in [-0.39, 0.29) is 0 Å². The van der Waals surface area contributed by atoms with Crippen molar-refractivity contribution < 1.29 is 4.57 Å². The number of aromatic nitrogens is 1. The Labute approximate surface area is 143 Å². The Bertz CT molecular complexity index is 1280. The number of nitrogens with zero attached hydrogens (tertiary/aromatic N) is 1. The van der Waals surface area contributed by atoms with E-state index in [1.165, 1.54) is 47.9 Å². The maximum absolute atomic E-state index is 2.45. The predicted octanol–water partition coefficient (Wildman–Crippen LogP) is 5.52. The molecule has 0 fully saturated rings. The van der Waals surface area contributed by atoms with Gasteiger partial charge in [-0.05, 0) is 30.3 Å². The molecule has 0 N–H and O–H groups in total. The summed E-state index contributed by atoms with van der Waals surface area (Å²) in [6.45, 7) is 0.964. The second kappa shape index (κ2) is 4.43. The monoisotopic (exact) mass is 324 g/mol. The van der Waals surface area contributed by atoms with Crippen LogP contribution in [0.5, 0.6) is 0 Å². The molecule has 0 atom stereocenters. The van der Waals surface area contributed by atoms with Crippen LogP contribution in [0.3, 0.4) is 0 Å². The van der Waals surface area contributed by atoms with Crippen molar-refractivity contribution in [3.8, 4) is 11.3 Å². The Hall–Kier alpha value is -2.71. The van der Waals surface area contributed by atoms with Crippen LogP contribution in [-0.2, 0) is 6.54 Å². The summed E-state index contributed by atoms with van der Waals surface area (Å²) < 4.78 is 5.21. The highest BCUT2D eigenvalue weighted by Crippen LogP contribution is 2.39. The molecule has 1 aliphatic heterocycles. The maximum Gasteiger partial charge on any atom is 0.213 e. The average Bonchev–Trinajstić information content (AvgIpc) is 3.17. The van der Waals surface area contributed by atoms with Gasteiger partial charge >= 0.3 is 0 Å². The lowest BCUT2D eigenvalue weighted by atomic mass is 10.0. The molecule has 1 nitrogen and oxygen atoms in total. The zero-order valence-corrected chi connectivity index (χ0v) is 13.8. The van der Waals surface area contributed by atoms with E-state index < -0.39 is 0 Å². The molecular formula is C22H14NS+. The summed E-state index contributed by atoms with van der Waals surface area (Å²) in [5.41, 5.74) is 5.48. The third-order valence-electron chi connectivity index (χ3n) is 5.15. The molecule has 0 bridgehead atoms. The molecule has 2 heteroatoms. The van der Waals surface area contributed by atoms with Crippen LogP contribution in [0.4, 0.5) is 0 Å². The minimum atomic E-state index is 0.964. The molecule has 2 aromatic heterocycles. The molecule has 1 aliphatic rings. The molecule has 0 saturated heterocycles. The lowest BCUT2D eigenvalue weighted by Crippen LogP contribution is -2.33. The van der Waals surface area contributed by atoms with Crippen molar-refractivity contribution in [2.75, 3.05) is 0 Å². The van der Waals surface area contributed by atoms with Crippen molar-refractivity contribution in [1.82, 2.24) is 0 Å². The second-order valence-electron chi connectivity index (χ2n) is 6.47. The minimum Gasteiger partial charge on any atom is -0.187 e. The summed E-state index contributed by atoms with van der Waals surface area (Å²) >= 11 is 1.90. The van der Waals surface area contributed by atoms with Gasteiger partial charge in [0.15, 0.2) is 6.54 Å². The first kappa shape index (κ1) is 12.7. The molecule has 3 heterocycles. The van der Waals surface area contributed by atoms with Gasteiger partial charge in [-0.1, -0.05) is 30.3 Å². The molecule has 3 aromatic carbocycles. The molecule has 0 amide bonds. The van der Waals surface area contributed by atoms with Gasteiger partial charge in [0.2, 0.25) is 11.2 Å². The summed E-state index contributed by atoms with van der Waals surface area (Å²) in [6.07, 6.45) is 0. The Morgan fingerprint density at radius 2 is 1.62 bits per heavy atom. The van der Waals surface area contributed by atoms with Gasteiger partial charge in [-0.3, -0.25) is 0 Å². The van der Waals surface area contributed by atoms with Crippen LogP contribution < -0.4 is 4.57 Å². The van der Waals surface area contributed by atoms with Crippen LogP contribution in [0, 0.1) is 0 Å². The molecule has 0 spiro atoms. The fraction of sp³-hybridized carbons (Fsp3) is 0.0455. The van der Waals surface area contributed by atoms with Crippen molar-refractivity contribution in [2.24, 2.45) is 0 Å². The normalized spacial score (nSPS) is 12.8. The van der Waals surface area contributed by atoms with Gasteiger partial charge in [0, 0.05) is 43.3 Å². The van der Waals surface area contributed by atoms with E-state index in [1.54, 1.807) is 0 Å². The van der Waals surface area contributed by atoms with E-state index in [0.717, 1.165) is 6.54 Å². The van der Waals surface area contributed by atoms with E-state index in [9.17, 15) is 0 Å². The van der Waals surface area contributed by atoms with Crippen molar-refractivity contribution in [2.45, 2.75) is 6.54 Å². The number of fused-ring (bicyclic) bond motifs is 8. The summed E-state index contributed by atoms with van der Waals surface area (Å²) in [7, 11) is 0. The number of pyridine rings is 1. The highest BCUT2D eigenvalue weighted by atomic mass is 32.1. The number of thiophene rings is 1. The largest absolute Gasteiger partial charge is 0.213 e. The number of para-hydroxylation sites is 1. The molecule has 0 aliphatic carbocycles. The summed E-state index contributed by atoms with van der Waals surface area (Å²) in [5.74, 6) is 0. The van der Waals surface area contributed by atoms with E-state index in [0.29, 0.717) is 0 Å². The average molecular weight is 324 g/mol. The maximum atomic E-state index is 2.45. The zero-order chi connectivity index (χ0) is 15.7. The molecule has 112 valence electrons. The smallest absolute Gasteiger partial charge is 0.187 e. The van der Waals surface area contributed by atoms with Gasteiger partial charge in [-0.15, -0.1) is 11.3 Å². The Balaban J connectivity index is 1.69. The second-order valence-corrected chi connectivity index (χ2v) is 7.55. The molecule has 0 unspecified atom stereocenters. The van der Waals surface area contributed by atoms with Crippen LogP contribution in [0.2, 0.25) is 0 Å². The first-order chi connectivity index (χ1) is 11.9. The molecule has 24 heavy (non-hydrogen) atoms. The van der Waals surface area contributed by atoms with E-state index in [1.807, 2.05) is 11.3 Å². The number of hydrogen-bond acceptors (Lipinski definition) is 1. The number of hydrogen-bond donors (Lipinski definition) is 0. The molecular weight excluding hydrogens is 310 g/mol. The molecule has 5 aromatic rings. The Kier molecular flexibility index (Phi) is 2.34. The van der Waals surface area contributed by atoms with Crippen LogP contribution >= 0.6 is 11.3 Å². The van der Waals surface area contributed by atoms with Crippen LogP contribution in [0.1, 0.15) is 5.56 Å². The quantitative estimate of drug-likeness (QED) is 0.324. The summed E-state index contributed by atoms with van der Waals surface area (Å²) in [4.78, 5) is 0. The van der Waals surface area contributed by atoms with Gasteiger partial charge in [-0.25, -0.2) is 0 Å². The number of rotatable bonds is 0. The molecule has 0 saturated carbocycles.